The van der Waals surface area contributed by atoms with Gasteiger partial charge in [0.1, 0.15) is 5.82 Å². The van der Waals surface area contributed by atoms with Gasteiger partial charge in [-0.2, -0.15) is 0 Å². The van der Waals surface area contributed by atoms with E-state index >= 15 is 0 Å². The Morgan fingerprint density at radius 1 is 1.19 bits per heavy atom. The normalized spacial score (nSPS) is 15.0. The fraction of sp³-hybridized carbons (Fsp3) is 0.294. The molecular weight excluding hydrogens is 331 g/mol. The first-order valence-corrected chi connectivity index (χ1v) is 7.99. The summed E-state index contributed by atoms with van der Waals surface area (Å²) in [7, 11) is 0. The average molecular weight is 349 g/mol. The third kappa shape index (κ3) is 3.03. The Kier molecular flexibility index (Phi) is 4.38. The summed E-state index contributed by atoms with van der Waals surface area (Å²) in [5.74, 6) is 5.42. The lowest BCUT2D eigenvalue weighted by Crippen LogP contribution is -2.30. The van der Waals surface area contributed by atoms with E-state index in [1.807, 2.05) is 6.07 Å². The molecule has 0 radical (unpaired) electrons. The molecule has 0 bridgehead atoms. The van der Waals surface area contributed by atoms with Crippen molar-refractivity contribution in [2.24, 2.45) is 5.84 Å². The average Bonchev–Trinajstić information content (AvgIpc) is 2.93. The molecule has 0 amide bonds. The molecule has 1 aliphatic rings. The molecule has 0 aromatic heterocycles. The molecule has 1 aliphatic carbocycles. The van der Waals surface area contributed by atoms with Crippen LogP contribution < -0.4 is 11.3 Å². The summed E-state index contributed by atoms with van der Waals surface area (Å²) < 4.78 is 14.8. The lowest BCUT2D eigenvalue weighted by molar-refractivity contribution is 0.508. The van der Waals surface area contributed by atoms with Crippen molar-refractivity contribution in [2.75, 3.05) is 0 Å². The van der Waals surface area contributed by atoms with Crippen molar-refractivity contribution in [2.45, 2.75) is 31.7 Å². The minimum Gasteiger partial charge on any atom is -0.271 e. The molecule has 0 spiro atoms. The Bertz CT molecular complexity index is 637. The Morgan fingerprint density at radius 3 is 2.76 bits per heavy atom. The molecular formula is C17H18BrFN2. The van der Waals surface area contributed by atoms with Gasteiger partial charge in [0, 0.05) is 10.0 Å². The first kappa shape index (κ1) is 14.7. The van der Waals surface area contributed by atoms with E-state index in [4.69, 9.17) is 5.84 Å². The van der Waals surface area contributed by atoms with Gasteiger partial charge < -0.3 is 0 Å². The van der Waals surface area contributed by atoms with Gasteiger partial charge in [-0.3, -0.25) is 11.3 Å². The summed E-state index contributed by atoms with van der Waals surface area (Å²) in [4.78, 5) is 0. The van der Waals surface area contributed by atoms with E-state index in [0.717, 1.165) is 10.9 Å². The highest BCUT2D eigenvalue weighted by Crippen LogP contribution is 2.30. The van der Waals surface area contributed by atoms with E-state index in [2.05, 4.69) is 39.6 Å². The molecule has 1 unspecified atom stereocenters. The molecule has 2 aromatic rings. The summed E-state index contributed by atoms with van der Waals surface area (Å²) in [6.07, 6.45) is 4.22. The maximum atomic E-state index is 14.1. The van der Waals surface area contributed by atoms with Gasteiger partial charge in [0.15, 0.2) is 0 Å². The topological polar surface area (TPSA) is 38.0 Å². The fourth-order valence-electron chi connectivity index (χ4n) is 3.08. The van der Waals surface area contributed by atoms with Crippen molar-refractivity contribution >= 4 is 15.9 Å². The van der Waals surface area contributed by atoms with Crippen molar-refractivity contribution in [1.29, 1.82) is 0 Å². The van der Waals surface area contributed by atoms with E-state index in [-0.39, 0.29) is 11.9 Å². The van der Waals surface area contributed by atoms with Crippen LogP contribution in [-0.2, 0) is 19.3 Å². The van der Waals surface area contributed by atoms with Crippen molar-refractivity contribution in [1.82, 2.24) is 5.43 Å². The second kappa shape index (κ2) is 6.26. The molecule has 0 heterocycles. The van der Waals surface area contributed by atoms with Gasteiger partial charge in [-0.25, -0.2) is 4.39 Å². The lowest BCUT2D eigenvalue weighted by Gasteiger charge is -2.19. The minimum absolute atomic E-state index is 0.242. The molecule has 0 saturated heterocycles. The Morgan fingerprint density at radius 2 is 2.00 bits per heavy atom. The predicted molar refractivity (Wildman–Crippen MR) is 86.3 cm³/mol. The van der Waals surface area contributed by atoms with Crippen molar-refractivity contribution < 1.29 is 4.39 Å². The molecule has 2 aromatic carbocycles. The number of halogens is 2. The number of aryl methyl sites for hydroxylation is 2. The smallest absolute Gasteiger partial charge is 0.129 e. The zero-order valence-electron chi connectivity index (χ0n) is 11.7. The van der Waals surface area contributed by atoms with Crippen LogP contribution in [-0.4, -0.2) is 0 Å². The van der Waals surface area contributed by atoms with Gasteiger partial charge >= 0.3 is 0 Å². The standard InChI is InChI=1S/C17H18BrFN2/c18-14-5-2-6-15(19)17(14)16(21-20)10-11-7-8-12-3-1-4-13(12)9-11/h2,5-9,16,21H,1,3-4,10,20H2. The first-order valence-electron chi connectivity index (χ1n) is 7.19. The van der Waals surface area contributed by atoms with Gasteiger partial charge in [0.05, 0.1) is 6.04 Å². The van der Waals surface area contributed by atoms with Gasteiger partial charge in [0.25, 0.3) is 0 Å². The van der Waals surface area contributed by atoms with Crippen molar-refractivity contribution in [3.63, 3.8) is 0 Å². The van der Waals surface area contributed by atoms with E-state index in [9.17, 15) is 4.39 Å². The zero-order chi connectivity index (χ0) is 14.8. The first-order chi connectivity index (χ1) is 10.2. The molecule has 3 N–H and O–H groups in total. The fourth-order valence-corrected chi connectivity index (χ4v) is 3.69. The summed E-state index contributed by atoms with van der Waals surface area (Å²) in [5.41, 5.74) is 7.39. The molecule has 0 saturated carbocycles. The molecule has 4 heteroatoms. The monoisotopic (exact) mass is 348 g/mol. The number of nitrogens with two attached hydrogens (primary N) is 1. The number of fused-ring (bicyclic) bond motifs is 1. The Labute approximate surface area is 132 Å². The summed E-state index contributed by atoms with van der Waals surface area (Å²) in [6.45, 7) is 0. The highest BCUT2D eigenvalue weighted by Gasteiger charge is 2.19. The second-order valence-corrected chi connectivity index (χ2v) is 6.37. The second-order valence-electron chi connectivity index (χ2n) is 5.52. The van der Waals surface area contributed by atoms with E-state index in [1.54, 1.807) is 6.07 Å². The summed E-state index contributed by atoms with van der Waals surface area (Å²) in [5, 5.41) is 0. The van der Waals surface area contributed by atoms with Gasteiger partial charge in [-0.15, -0.1) is 0 Å². The van der Waals surface area contributed by atoms with Crippen LogP contribution in [0.3, 0.4) is 0 Å². The summed E-state index contributed by atoms with van der Waals surface area (Å²) >= 11 is 3.42. The highest BCUT2D eigenvalue weighted by molar-refractivity contribution is 9.10. The van der Waals surface area contributed by atoms with Crippen LogP contribution in [0.1, 0.15) is 34.7 Å². The number of benzene rings is 2. The number of nitrogens with one attached hydrogen (secondary N) is 1. The number of hydrogen-bond donors (Lipinski definition) is 2. The predicted octanol–water partition coefficient (Wildman–Crippen LogP) is 3.82. The minimum atomic E-state index is -0.250. The number of hydrazine groups is 1. The molecule has 0 fully saturated rings. The highest BCUT2D eigenvalue weighted by atomic mass is 79.9. The Hall–Kier alpha value is -1.23. The van der Waals surface area contributed by atoms with Crippen LogP contribution in [0.15, 0.2) is 40.9 Å². The maximum absolute atomic E-state index is 14.1. The van der Waals surface area contributed by atoms with Crippen molar-refractivity contribution in [3.05, 3.63) is 68.9 Å². The van der Waals surface area contributed by atoms with Crippen LogP contribution >= 0.6 is 15.9 Å². The van der Waals surface area contributed by atoms with Crippen LogP contribution in [0.5, 0.6) is 0 Å². The molecule has 2 nitrogen and oxygen atoms in total. The Balaban J connectivity index is 1.88. The van der Waals surface area contributed by atoms with Gasteiger partial charge in [-0.1, -0.05) is 40.2 Å². The third-order valence-corrected chi connectivity index (χ3v) is 4.84. The van der Waals surface area contributed by atoms with Crippen LogP contribution in [0.2, 0.25) is 0 Å². The largest absolute Gasteiger partial charge is 0.271 e. The van der Waals surface area contributed by atoms with Gasteiger partial charge in [0.2, 0.25) is 0 Å². The van der Waals surface area contributed by atoms with E-state index in [1.165, 1.54) is 35.6 Å². The van der Waals surface area contributed by atoms with E-state index in [0.29, 0.717) is 12.0 Å². The molecule has 110 valence electrons. The quantitative estimate of drug-likeness (QED) is 0.651. The number of rotatable bonds is 4. The maximum Gasteiger partial charge on any atom is 0.129 e. The van der Waals surface area contributed by atoms with Crippen LogP contribution in [0, 0.1) is 5.82 Å². The summed E-state index contributed by atoms with van der Waals surface area (Å²) in [6, 6.07) is 11.3. The van der Waals surface area contributed by atoms with Gasteiger partial charge in [-0.05, 0) is 54.5 Å². The SMILES string of the molecule is NNC(Cc1ccc2c(c1)CCC2)c1c(F)cccc1Br. The third-order valence-electron chi connectivity index (χ3n) is 4.15. The number of hydrogen-bond acceptors (Lipinski definition) is 2. The molecule has 21 heavy (non-hydrogen) atoms. The molecule has 1 atom stereocenters. The molecule has 0 aliphatic heterocycles. The molecule has 3 rings (SSSR count). The van der Waals surface area contributed by atoms with E-state index < -0.39 is 0 Å². The van der Waals surface area contributed by atoms with Crippen molar-refractivity contribution in [3.8, 4) is 0 Å². The lowest BCUT2D eigenvalue weighted by atomic mass is 9.96. The zero-order valence-corrected chi connectivity index (χ0v) is 13.3. The van der Waals surface area contributed by atoms with Crippen LogP contribution in [0.4, 0.5) is 4.39 Å². The van der Waals surface area contributed by atoms with Crippen LogP contribution in [0.25, 0.3) is 0 Å².